The van der Waals surface area contributed by atoms with Crippen LogP contribution in [-0.4, -0.2) is 28.8 Å². The normalized spacial score (nSPS) is 10.7. The Morgan fingerprint density at radius 2 is 1.73 bits per heavy atom. The summed E-state index contributed by atoms with van der Waals surface area (Å²) in [6.45, 7) is 10.2. The molecule has 30 heavy (non-hydrogen) atoms. The van der Waals surface area contributed by atoms with E-state index in [1.165, 1.54) is 0 Å². The molecule has 0 spiro atoms. The van der Waals surface area contributed by atoms with Crippen LogP contribution in [0.5, 0.6) is 5.75 Å². The number of ether oxygens (including phenoxy) is 1. The minimum atomic E-state index is -0.262. The van der Waals surface area contributed by atoms with Gasteiger partial charge in [-0.05, 0) is 81.3 Å². The van der Waals surface area contributed by atoms with E-state index < -0.39 is 0 Å². The highest BCUT2D eigenvalue weighted by Crippen LogP contribution is 2.26. The minimum Gasteiger partial charge on any atom is -0.471 e. The highest BCUT2D eigenvalue weighted by atomic mass is 35.5. The zero-order valence-corrected chi connectivity index (χ0v) is 18.5. The van der Waals surface area contributed by atoms with Gasteiger partial charge in [-0.2, -0.15) is 5.10 Å². The van der Waals surface area contributed by atoms with E-state index >= 15 is 0 Å². The monoisotopic (exact) mass is 426 g/mol. The molecule has 1 amide bonds. The Morgan fingerprint density at radius 3 is 2.33 bits per heavy atom. The molecule has 1 aromatic heterocycles. The van der Waals surface area contributed by atoms with Gasteiger partial charge in [0.05, 0.1) is 0 Å². The lowest BCUT2D eigenvalue weighted by Crippen LogP contribution is -2.21. The molecule has 0 bridgehead atoms. The van der Waals surface area contributed by atoms with Crippen molar-refractivity contribution >= 4 is 28.9 Å². The summed E-state index contributed by atoms with van der Waals surface area (Å²) in [6.07, 6.45) is 1.72. The first kappa shape index (κ1) is 21.7. The van der Waals surface area contributed by atoms with Crippen LogP contribution in [-0.2, 0) is 6.73 Å². The molecule has 0 saturated carbocycles. The summed E-state index contributed by atoms with van der Waals surface area (Å²) in [6, 6.07) is 13.2. The van der Waals surface area contributed by atoms with E-state index in [2.05, 4.69) is 29.2 Å². The third-order valence-corrected chi connectivity index (χ3v) is 5.50. The van der Waals surface area contributed by atoms with Gasteiger partial charge in [-0.3, -0.25) is 4.79 Å². The number of nitrogens with one attached hydrogen (secondary N) is 1. The Hall–Kier alpha value is -2.99. The molecule has 6 nitrogen and oxygen atoms in total. The predicted octanol–water partition coefficient (Wildman–Crippen LogP) is 5.29. The average Bonchev–Trinajstić information content (AvgIpc) is 3.22. The van der Waals surface area contributed by atoms with Crippen LogP contribution in [0.2, 0.25) is 5.02 Å². The molecule has 0 aliphatic heterocycles. The van der Waals surface area contributed by atoms with Crippen LogP contribution >= 0.6 is 11.6 Å². The molecule has 7 heteroatoms. The van der Waals surface area contributed by atoms with Crippen LogP contribution in [0.15, 0.2) is 48.7 Å². The maximum absolute atomic E-state index is 12.5. The molecule has 0 unspecified atom stereocenters. The second kappa shape index (κ2) is 9.67. The first-order chi connectivity index (χ1) is 14.4. The number of hydrogen-bond acceptors (Lipinski definition) is 4. The zero-order chi connectivity index (χ0) is 21.7. The summed E-state index contributed by atoms with van der Waals surface area (Å²) in [7, 11) is 0. The summed E-state index contributed by atoms with van der Waals surface area (Å²) < 4.78 is 7.36. The lowest BCUT2D eigenvalue weighted by molar-refractivity contribution is 0.102. The molecular formula is C23H27ClN4O2. The number of anilines is 2. The standard InChI is InChI=1S/C23H27ClN4O2/c1-5-27(6-2)19-9-7-18(8-10-19)25-23(29)21-11-12-28(26-21)15-30-20-13-16(3)22(24)17(4)14-20/h7-14H,5-6,15H2,1-4H3,(H,25,29). The number of benzene rings is 2. The highest BCUT2D eigenvalue weighted by Gasteiger charge is 2.11. The van der Waals surface area contributed by atoms with Crippen molar-refractivity contribution in [1.29, 1.82) is 0 Å². The summed E-state index contributed by atoms with van der Waals surface area (Å²) in [5, 5.41) is 7.92. The summed E-state index contributed by atoms with van der Waals surface area (Å²) in [5.74, 6) is 0.451. The Balaban J connectivity index is 1.59. The lowest BCUT2D eigenvalue weighted by atomic mass is 10.1. The zero-order valence-electron chi connectivity index (χ0n) is 17.8. The molecule has 158 valence electrons. The van der Waals surface area contributed by atoms with Crippen LogP contribution in [0.3, 0.4) is 0 Å². The third kappa shape index (κ3) is 5.13. The molecule has 2 aromatic carbocycles. The molecule has 1 heterocycles. The van der Waals surface area contributed by atoms with Gasteiger partial charge in [0, 0.05) is 35.7 Å². The molecule has 0 aliphatic rings. The maximum Gasteiger partial charge on any atom is 0.276 e. The van der Waals surface area contributed by atoms with E-state index in [0.717, 1.165) is 40.6 Å². The molecule has 0 saturated heterocycles. The number of hydrogen-bond donors (Lipinski definition) is 1. The number of carbonyl (C=O) groups excluding carboxylic acids is 1. The highest BCUT2D eigenvalue weighted by molar-refractivity contribution is 6.32. The predicted molar refractivity (Wildman–Crippen MR) is 122 cm³/mol. The van der Waals surface area contributed by atoms with Crippen molar-refractivity contribution in [2.45, 2.75) is 34.4 Å². The van der Waals surface area contributed by atoms with Crippen molar-refractivity contribution in [1.82, 2.24) is 9.78 Å². The van der Waals surface area contributed by atoms with E-state index in [1.807, 2.05) is 50.2 Å². The molecule has 0 atom stereocenters. The number of aromatic nitrogens is 2. The van der Waals surface area contributed by atoms with E-state index in [9.17, 15) is 4.79 Å². The van der Waals surface area contributed by atoms with Crippen LogP contribution in [0.1, 0.15) is 35.5 Å². The Morgan fingerprint density at radius 1 is 1.10 bits per heavy atom. The van der Waals surface area contributed by atoms with Gasteiger partial charge < -0.3 is 15.0 Å². The average molecular weight is 427 g/mol. The SMILES string of the molecule is CCN(CC)c1ccc(NC(=O)c2ccn(COc3cc(C)c(Cl)c(C)c3)n2)cc1. The van der Waals surface area contributed by atoms with Crippen molar-refractivity contribution in [2.24, 2.45) is 0 Å². The minimum absolute atomic E-state index is 0.201. The number of rotatable bonds is 8. The number of amides is 1. The van der Waals surface area contributed by atoms with Gasteiger partial charge in [-0.1, -0.05) is 11.6 Å². The second-order valence-electron chi connectivity index (χ2n) is 7.06. The molecule has 3 rings (SSSR count). The molecule has 3 aromatic rings. The van der Waals surface area contributed by atoms with Crippen LogP contribution < -0.4 is 15.0 Å². The number of halogens is 1. The van der Waals surface area contributed by atoms with Gasteiger partial charge in [-0.15, -0.1) is 0 Å². The van der Waals surface area contributed by atoms with E-state index in [1.54, 1.807) is 16.9 Å². The quantitative estimate of drug-likeness (QED) is 0.531. The largest absolute Gasteiger partial charge is 0.471 e. The van der Waals surface area contributed by atoms with Gasteiger partial charge in [0.15, 0.2) is 12.4 Å². The Bertz CT molecular complexity index is 987. The number of nitrogens with zero attached hydrogens (tertiary/aromatic N) is 3. The van der Waals surface area contributed by atoms with Crippen molar-refractivity contribution in [3.8, 4) is 5.75 Å². The summed E-state index contributed by atoms with van der Waals surface area (Å²) in [5.41, 5.74) is 4.11. The van der Waals surface area contributed by atoms with Crippen LogP contribution in [0.25, 0.3) is 0 Å². The first-order valence-electron chi connectivity index (χ1n) is 10.0. The van der Waals surface area contributed by atoms with Crippen molar-refractivity contribution in [3.05, 3.63) is 70.5 Å². The fourth-order valence-electron chi connectivity index (χ4n) is 3.22. The molecule has 0 fully saturated rings. The second-order valence-corrected chi connectivity index (χ2v) is 7.44. The summed E-state index contributed by atoms with van der Waals surface area (Å²) >= 11 is 6.19. The van der Waals surface area contributed by atoms with Crippen LogP contribution in [0.4, 0.5) is 11.4 Å². The Labute approximate surface area is 182 Å². The fraction of sp³-hybridized carbons (Fsp3) is 0.304. The first-order valence-corrected chi connectivity index (χ1v) is 10.4. The third-order valence-electron chi connectivity index (χ3n) is 4.90. The van der Waals surface area contributed by atoms with E-state index in [-0.39, 0.29) is 12.6 Å². The number of carbonyl (C=O) groups is 1. The van der Waals surface area contributed by atoms with Gasteiger partial charge in [0.2, 0.25) is 0 Å². The number of aryl methyl sites for hydroxylation is 2. The molecule has 0 radical (unpaired) electrons. The Kier molecular flexibility index (Phi) is 7.00. The van der Waals surface area contributed by atoms with E-state index in [4.69, 9.17) is 16.3 Å². The van der Waals surface area contributed by atoms with Crippen molar-refractivity contribution in [3.63, 3.8) is 0 Å². The van der Waals surface area contributed by atoms with Crippen molar-refractivity contribution in [2.75, 3.05) is 23.3 Å². The van der Waals surface area contributed by atoms with Crippen LogP contribution in [0, 0.1) is 13.8 Å². The maximum atomic E-state index is 12.5. The van der Waals surface area contributed by atoms with Gasteiger partial charge in [0.25, 0.3) is 5.91 Å². The van der Waals surface area contributed by atoms with E-state index in [0.29, 0.717) is 11.4 Å². The topological polar surface area (TPSA) is 59.4 Å². The molecule has 0 aliphatic carbocycles. The van der Waals surface area contributed by atoms with Crippen molar-refractivity contribution < 1.29 is 9.53 Å². The molecular weight excluding hydrogens is 400 g/mol. The lowest BCUT2D eigenvalue weighted by Gasteiger charge is -2.21. The van der Waals surface area contributed by atoms with Gasteiger partial charge >= 0.3 is 0 Å². The smallest absolute Gasteiger partial charge is 0.276 e. The molecule has 1 N–H and O–H groups in total. The summed E-state index contributed by atoms with van der Waals surface area (Å²) in [4.78, 5) is 14.8. The fourth-order valence-corrected chi connectivity index (χ4v) is 3.33. The van der Waals surface area contributed by atoms with Gasteiger partial charge in [-0.25, -0.2) is 4.68 Å². The van der Waals surface area contributed by atoms with Gasteiger partial charge in [0.1, 0.15) is 5.75 Å².